The first-order valence-electron chi connectivity index (χ1n) is 11.8. The van der Waals surface area contributed by atoms with Crippen molar-refractivity contribution in [2.75, 3.05) is 20.1 Å². The van der Waals surface area contributed by atoms with Crippen molar-refractivity contribution in [2.45, 2.75) is 51.5 Å². The van der Waals surface area contributed by atoms with Crippen molar-refractivity contribution in [2.24, 2.45) is 11.8 Å². The Morgan fingerprint density at radius 1 is 1.12 bits per heavy atom. The number of rotatable bonds is 5. The lowest BCUT2D eigenvalue weighted by atomic mass is 9.78. The Hall–Kier alpha value is -2.80. The minimum atomic E-state index is 0.0649. The maximum atomic E-state index is 12.9. The van der Waals surface area contributed by atoms with Gasteiger partial charge in [-0.15, -0.1) is 0 Å². The fourth-order valence-electron chi connectivity index (χ4n) is 5.58. The summed E-state index contributed by atoms with van der Waals surface area (Å²) in [6.45, 7) is 4.00. The fourth-order valence-corrected chi connectivity index (χ4v) is 5.58. The van der Waals surface area contributed by atoms with E-state index >= 15 is 0 Å². The van der Waals surface area contributed by atoms with E-state index in [-0.39, 0.29) is 11.9 Å². The second kappa shape index (κ2) is 8.98. The van der Waals surface area contributed by atoms with Gasteiger partial charge in [0.2, 0.25) is 5.91 Å². The number of carbonyl (C=O) groups excluding carboxylic acids is 1. The zero-order valence-electron chi connectivity index (χ0n) is 19.0. The molecule has 1 N–H and O–H groups in total. The highest BCUT2D eigenvalue weighted by atomic mass is 16.1. The smallest absolute Gasteiger partial charge is 0.226 e. The maximum Gasteiger partial charge on any atom is 0.226 e. The van der Waals surface area contributed by atoms with Gasteiger partial charge in [0.15, 0.2) is 0 Å². The van der Waals surface area contributed by atoms with Crippen LogP contribution in [0.15, 0.2) is 36.8 Å². The van der Waals surface area contributed by atoms with E-state index in [9.17, 15) is 4.79 Å². The number of nitrogens with zero attached hydrogens (tertiary/aromatic N) is 5. The van der Waals surface area contributed by atoms with Crippen LogP contribution in [-0.2, 0) is 11.2 Å². The summed E-state index contributed by atoms with van der Waals surface area (Å²) in [6.07, 6.45) is 12.4. The van der Waals surface area contributed by atoms with E-state index in [1.165, 1.54) is 32.1 Å². The van der Waals surface area contributed by atoms with E-state index in [1.54, 1.807) is 6.20 Å². The number of likely N-dealkylation sites (tertiary alicyclic amines) is 1. The second-order valence-corrected chi connectivity index (χ2v) is 9.58. The fraction of sp³-hybridized carbons (Fsp3) is 0.520. The van der Waals surface area contributed by atoms with Crippen LogP contribution in [0.5, 0.6) is 0 Å². The average molecular weight is 433 g/mol. The molecule has 32 heavy (non-hydrogen) atoms. The summed E-state index contributed by atoms with van der Waals surface area (Å²) in [5.74, 6) is 1.38. The van der Waals surface area contributed by atoms with E-state index in [4.69, 9.17) is 0 Å². The number of hydrogen-bond acceptors (Lipinski definition) is 5. The summed E-state index contributed by atoms with van der Waals surface area (Å²) in [5.41, 5.74) is 3.60. The van der Waals surface area contributed by atoms with Crippen LogP contribution in [0.1, 0.15) is 43.5 Å². The molecule has 3 aromatic rings. The van der Waals surface area contributed by atoms with E-state index < -0.39 is 0 Å². The molecular formula is C25H32N6O. The van der Waals surface area contributed by atoms with Crippen LogP contribution < -0.4 is 5.32 Å². The zero-order chi connectivity index (χ0) is 22.1. The van der Waals surface area contributed by atoms with Crippen LogP contribution in [0.3, 0.4) is 0 Å². The molecule has 2 atom stereocenters. The number of nitrogens with one attached hydrogen (secondary N) is 1. The summed E-state index contributed by atoms with van der Waals surface area (Å²) in [7, 11) is 2.17. The molecular weight excluding hydrogens is 400 g/mol. The molecule has 0 radical (unpaired) electrons. The molecule has 168 valence electrons. The van der Waals surface area contributed by atoms with Gasteiger partial charge >= 0.3 is 0 Å². The van der Waals surface area contributed by atoms with Gasteiger partial charge in [0.1, 0.15) is 0 Å². The molecule has 0 aromatic carbocycles. The molecule has 7 nitrogen and oxygen atoms in total. The van der Waals surface area contributed by atoms with Crippen LogP contribution in [0.25, 0.3) is 16.6 Å². The monoisotopic (exact) mass is 432 g/mol. The molecule has 7 heteroatoms. The molecule has 2 aliphatic rings. The summed E-state index contributed by atoms with van der Waals surface area (Å²) < 4.78 is 1.87. The Morgan fingerprint density at radius 3 is 2.78 bits per heavy atom. The topological polar surface area (TPSA) is 75.9 Å². The van der Waals surface area contributed by atoms with Crippen LogP contribution in [0, 0.1) is 18.8 Å². The van der Waals surface area contributed by atoms with Crippen LogP contribution >= 0.6 is 0 Å². The Kier molecular flexibility index (Phi) is 5.91. The highest BCUT2D eigenvalue weighted by molar-refractivity contribution is 5.83. The molecule has 0 unspecified atom stereocenters. The lowest BCUT2D eigenvalue weighted by Crippen LogP contribution is -2.43. The molecule has 0 spiro atoms. The Bertz CT molecular complexity index is 1100. The third-order valence-electron chi connectivity index (χ3n) is 7.13. The minimum absolute atomic E-state index is 0.0649. The molecule has 4 heterocycles. The van der Waals surface area contributed by atoms with Gasteiger partial charge in [-0.2, -0.15) is 5.10 Å². The number of amides is 1. The van der Waals surface area contributed by atoms with E-state index in [0.29, 0.717) is 12.3 Å². The second-order valence-electron chi connectivity index (χ2n) is 9.58. The molecule has 5 rings (SSSR count). The summed E-state index contributed by atoms with van der Waals surface area (Å²) in [6, 6.07) is 6.15. The first kappa shape index (κ1) is 21.1. The van der Waals surface area contributed by atoms with Crippen molar-refractivity contribution in [3.05, 3.63) is 48.2 Å². The summed E-state index contributed by atoms with van der Waals surface area (Å²) in [4.78, 5) is 24.1. The van der Waals surface area contributed by atoms with Crippen molar-refractivity contribution in [1.82, 2.24) is 30.0 Å². The summed E-state index contributed by atoms with van der Waals surface area (Å²) >= 11 is 0. The molecule has 1 aliphatic heterocycles. The number of fused-ring (bicyclic) bond motifs is 1. The Morgan fingerprint density at radius 2 is 1.97 bits per heavy atom. The molecule has 1 saturated heterocycles. The average Bonchev–Trinajstić information content (AvgIpc) is 3.37. The van der Waals surface area contributed by atoms with Gasteiger partial charge in [0.05, 0.1) is 35.7 Å². The standard InChI is InChI=1S/C25H32N6O/c1-17-10-21(8-9-26-17)31-24-14-27-20(11-19(24)13-28-31)12-25(32)29-23-16-30(2)15-22(23)18-6-4-3-5-7-18/h8-11,13-14,18,22-23H,3-7,12,15-16H2,1-2H3,(H,29,32)/t22-,23+/m1/s1. The number of pyridine rings is 2. The van der Waals surface area contributed by atoms with Gasteiger partial charge in [-0.1, -0.05) is 32.1 Å². The molecule has 1 aliphatic carbocycles. The molecule has 2 fully saturated rings. The molecule has 0 bridgehead atoms. The zero-order valence-corrected chi connectivity index (χ0v) is 19.0. The minimum Gasteiger partial charge on any atom is -0.351 e. The predicted molar refractivity (Wildman–Crippen MR) is 125 cm³/mol. The number of likely N-dealkylation sites (N-methyl/N-ethyl adjacent to an activating group) is 1. The molecule has 1 amide bonds. The van der Waals surface area contributed by atoms with E-state index in [2.05, 4.69) is 32.3 Å². The molecule has 1 saturated carbocycles. The van der Waals surface area contributed by atoms with E-state index in [0.717, 1.165) is 47.0 Å². The number of carbonyl (C=O) groups is 1. The van der Waals surface area contributed by atoms with Crippen molar-refractivity contribution in [1.29, 1.82) is 0 Å². The normalized spacial score (nSPS) is 22.4. The Labute approximate surface area is 189 Å². The highest BCUT2D eigenvalue weighted by Gasteiger charge is 2.37. The van der Waals surface area contributed by atoms with Crippen molar-refractivity contribution >= 4 is 16.8 Å². The quantitative estimate of drug-likeness (QED) is 0.670. The van der Waals surface area contributed by atoms with Gasteiger partial charge in [-0.25, -0.2) is 4.68 Å². The maximum absolute atomic E-state index is 12.9. The summed E-state index contributed by atoms with van der Waals surface area (Å²) in [5, 5.41) is 8.85. The highest BCUT2D eigenvalue weighted by Crippen LogP contribution is 2.35. The lowest BCUT2D eigenvalue weighted by Gasteiger charge is -2.31. The predicted octanol–water partition coefficient (Wildman–Crippen LogP) is 3.29. The van der Waals surface area contributed by atoms with Crippen LogP contribution in [0.2, 0.25) is 0 Å². The van der Waals surface area contributed by atoms with Gasteiger partial charge in [0, 0.05) is 36.4 Å². The van der Waals surface area contributed by atoms with Crippen molar-refractivity contribution < 1.29 is 4.79 Å². The van der Waals surface area contributed by atoms with Crippen molar-refractivity contribution in [3.8, 4) is 5.69 Å². The van der Waals surface area contributed by atoms with Crippen LogP contribution in [0.4, 0.5) is 0 Å². The number of aromatic nitrogens is 4. The SMILES string of the molecule is Cc1cc(-n2ncc3cc(CC(=O)N[C@H]4CN(C)C[C@@H]4C4CCCCC4)ncc32)ccn1. The Balaban J connectivity index is 1.27. The first-order chi connectivity index (χ1) is 15.6. The third kappa shape index (κ3) is 4.39. The number of hydrogen-bond donors (Lipinski definition) is 1. The van der Waals surface area contributed by atoms with Crippen LogP contribution in [-0.4, -0.2) is 56.7 Å². The molecule has 3 aromatic heterocycles. The van der Waals surface area contributed by atoms with Gasteiger partial charge in [-0.3, -0.25) is 14.8 Å². The lowest BCUT2D eigenvalue weighted by molar-refractivity contribution is -0.121. The van der Waals surface area contributed by atoms with Gasteiger partial charge in [-0.05, 0) is 44.0 Å². The van der Waals surface area contributed by atoms with E-state index in [1.807, 2.05) is 42.2 Å². The van der Waals surface area contributed by atoms with Crippen molar-refractivity contribution in [3.63, 3.8) is 0 Å². The number of aryl methyl sites for hydroxylation is 1. The first-order valence-corrected chi connectivity index (χ1v) is 11.8. The largest absolute Gasteiger partial charge is 0.351 e. The third-order valence-corrected chi connectivity index (χ3v) is 7.13. The van der Waals surface area contributed by atoms with Gasteiger partial charge in [0.25, 0.3) is 0 Å². The van der Waals surface area contributed by atoms with Gasteiger partial charge < -0.3 is 10.2 Å².